The third-order valence-electron chi connectivity index (χ3n) is 8.51. The zero-order valence-corrected chi connectivity index (χ0v) is 23.4. The van der Waals surface area contributed by atoms with Gasteiger partial charge in [0.15, 0.2) is 6.10 Å². The number of aromatic amines is 1. The van der Waals surface area contributed by atoms with Crippen LogP contribution in [0.1, 0.15) is 78.9 Å². The summed E-state index contributed by atoms with van der Waals surface area (Å²) in [5, 5.41) is 11.1. The third kappa shape index (κ3) is 5.22. The molecule has 0 bridgehead atoms. The summed E-state index contributed by atoms with van der Waals surface area (Å²) >= 11 is 0. The molecule has 1 aromatic heterocycles. The van der Waals surface area contributed by atoms with E-state index in [9.17, 15) is 19.1 Å². The lowest BCUT2D eigenvalue weighted by Gasteiger charge is -2.24. The fourth-order valence-electron chi connectivity index (χ4n) is 5.89. The maximum Gasteiger partial charge on any atom is 0.256 e. The number of carbonyl (C=O) groups excluding carboxylic acids is 1. The number of aliphatic hydroxyl groups is 1. The second-order valence-electron chi connectivity index (χ2n) is 11.6. The number of aromatic nitrogens is 2. The Balaban J connectivity index is 1.25. The summed E-state index contributed by atoms with van der Waals surface area (Å²) in [4.78, 5) is 36.5. The fourth-order valence-corrected chi connectivity index (χ4v) is 5.89. The van der Waals surface area contributed by atoms with Crippen LogP contribution in [0.15, 0.2) is 77.6 Å². The number of hydrogen-bond donors (Lipinski definition) is 2. The molecule has 6 nitrogen and oxygen atoms in total. The molecule has 3 aromatic carbocycles. The van der Waals surface area contributed by atoms with Crippen molar-refractivity contribution in [3.8, 4) is 11.1 Å². The van der Waals surface area contributed by atoms with Crippen LogP contribution in [0.2, 0.25) is 0 Å². The zero-order valence-electron chi connectivity index (χ0n) is 23.4. The van der Waals surface area contributed by atoms with Gasteiger partial charge in [-0.05, 0) is 77.6 Å². The summed E-state index contributed by atoms with van der Waals surface area (Å²) in [5.74, 6) is 0.289. The van der Waals surface area contributed by atoms with Crippen LogP contribution in [0.25, 0.3) is 11.1 Å². The van der Waals surface area contributed by atoms with Crippen molar-refractivity contribution in [2.45, 2.75) is 63.5 Å². The molecule has 1 unspecified atom stereocenters. The largest absolute Gasteiger partial charge is 0.378 e. The molecule has 1 aliphatic heterocycles. The Bertz CT molecular complexity index is 1670. The lowest BCUT2D eigenvalue weighted by molar-refractivity contribution is -0.141. The molecule has 7 heteroatoms. The minimum Gasteiger partial charge on any atom is -0.378 e. The molecule has 41 heavy (non-hydrogen) atoms. The predicted octanol–water partition coefficient (Wildman–Crippen LogP) is 5.79. The molecule has 0 spiro atoms. The topological polar surface area (TPSA) is 86.3 Å². The van der Waals surface area contributed by atoms with Crippen LogP contribution in [-0.2, 0) is 23.2 Å². The van der Waals surface area contributed by atoms with Gasteiger partial charge in [-0.1, -0.05) is 68.4 Å². The lowest BCUT2D eigenvalue weighted by atomic mass is 9.90. The van der Waals surface area contributed by atoms with Gasteiger partial charge in [0.05, 0.1) is 23.2 Å². The molecule has 1 aliphatic carbocycles. The highest BCUT2D eigenvalue weighted by Gasteiger charge is 2.49. The summed E-state index contributed by atoms with van der Waals surface area (Å²) in [7, 11) is 0. The van der Waals surface area contributed by atoms with Gasteiger partial charge in [-0.3, -0.25) is 9.59 Å². The highest BCUT2D eigenvalue weighted by Crippen LogP contribution is 2.52. The van der Waals surface area contributed by atoms with E-state index < -0.39 is 12.0 Å². The standard InChI is InChI=1S/C34H34FN3O3/c1-21(2)22-7-4-11-26(18-22)34(14-15-34)33-36-29-13-6-16-38(20-28(29)31(40)37-33)32(41)30(39)25-10-3-8-23(17-25)24-9-5-12-27(35)19-24/h3-5,7-12,17-19,21,30,39H,6,13-16,20H2,1-2H3,(H,36,37,40). The van der Waals surface area contributed by atoms with E-state index in [1.54, 1.807) is 35.2 Å². The predicted molar refractivity (Wildman–Crippen MR) is 156 cm³/mol. The Labute approximate surface area is 238 Å². The molecular weight excluding hydrogens is 517 g/mol. The summed E-state index contributed by atoms with van der Waals surface area (Å²) in [6.07, 6.45) is 1.69. The van der Waals surface area contributed by atoms with Gasteiger partial charge in [0, 0.05) is 6.54 Å². The van der Waals surface area contributed by atoms with Crippen LogP contribution in [-0.4, -0.2) is 32.4 Å². The van der Waals surface area contributed by atoms with Crippen molar-refractivity contribution >= 4 is 5.91 Å². The SMILES string of the molecule is CC(C)c1cccc(C2(c3nc4c(c(=O)[nH]3)CN(C(=O)C(O)c3cccc(-c5cccc(F)c5)c3)CCC4)CC2)c1. The number of carbonyl (C=O) groups is 1. The minimum absolute atomic E-state index is 0.0905. The van der Waals surface area contributed by atoms with Gasteiger partial charge >= 0.3 is 0 Å². The van der Waals surface area contributed by atoms with Gasteiger partial charge in [0.2, 0.25) is 0 Å². The summed E-state index contributed by atoms with van der Waals surface area (Å²) < 4.78 is 13.8. The molecule has 210 valence electrons. The van der Waals surface area contributed by atoms with E-state index in [4.69, 9.17) is 4.98 Å². The van der Waals surface area contributed by atoms with Crippen LogP contribution in [0.4, 0.5) is 4.39 Å². The summed E-state index contributed by atoms with van der Waals surface area (Å²) in [5.41, 5.74) is 4.94. The van der Waals surface area contributed by atoms with Crippen LogP contribution < -0.4 is 5.56 Å². The maximum atomic E-state index is 13.8. The van der Waals surface area contributed by atoms with Gasteiger partial charge < -0.3 is 15.0 Å². The highest BCUT2D eigenvalue weighted by molar-refractivity contribution is 5.83. The molecule has 0 radical (unpaired) electrons. The number of halogens is 1. The van der Waals surface area contributed by atoms with E-state index in [-0.39, 0.29) is 23.3 Å². The van der Waals surface area contributed by atoms with E-state index in [1.807, 2.05) is 6.07 Å². The normalized spacial score (nSPS) is 16.7. The second kappa shape index (κ2) is 10.7. The van der Waals surface area contributed by atoms with E-state index in [1.165, 1.54) is 23.3 Å². The van der Waals surface area contributed by atoms with E-state index >= 15 is 0 Å². The molecule has 2 heterocycles. The van der Waals surface area contributed by atoms with Crippen LogP contribution in [0.5, 0.6) is 0 Å². The van der Waals surface area contributed by atoms with Crippen molar-refractivity contribution in [2.24, 2.45) is 0 Å². The molecule has 2 N–H and O–H groups in total. The molecule has 6 rings (SSSR count). The van der Waals surface area contributed by atoms with Crippen molar-refractivity contribution in [2.75, 3.05) is 6.54 Å². The first-order valence-corrected chi connectivity index (χ1v) is 14.3. The van der Waals surface area contributed by atoms with Crippen molar-refractivity contribution in [1.82, 2.24) is 14.9 Å². The molecule has 1 atom stereocenters. The minimum atomic E-state index is -1.40. The lowest BCUT2D eigenvalue weighted by Crippen LogP contribution is -2.36. The number of nitrogens with one attached hydrogen (secondary N) is 1. The first-order chi connectivity index (χ1) is 19.7. The highest BCUT2D eigenvalue weighted by atomic mass is 19.1. The fraction of sp³-hybridized carbons (Fsp3) is 0.324. The smallest absolute Gasteiger partial charge is 0.256 e. The Morgan fingerprint density at radius 3 is 2.44 bits per heavy atom. The van der Waals surface area contributed by atoms with E-state index in [0.717, 1.165) is 18.5 Å². The number of amides is 1. The summed E-state index contributed by atoms with van der Waals surface area (Å²) in [6, 6.07) is 21.7. The summed E-state index contributed by atoms with van der Waals surface area (Å²) in [6.45, 7) is 4.85. The van der Waals surface area contributed by atoms with Gasteiger partial charge in [-0.25, -0.2) is 9.37 Å². The van der Waals surface area contributed by atoms with Gasteiger partial charge in [0.25, 0.3) is 11.5 Å². The molecule has 4 aromatic rings. The molecule has 0 saturated heterocycles. The van der Waals surface area contributed by atoms with Crippen LogP contribution in [0.3, 0.4) is 0 Å². The van der Waals surface area contributed by atoms with Crippen molar-refractivity contribution < 1.29 is 14.3 Å². The zero-order chi connectivity index (χ0) is 28.7. The number of aliphatic hydroxyl groups excluding tert-OH is 1. The second-order valence-corrected chi connectivity index (χ2v) is 11.6. The van der Waals surface area contributed by atoms with E-state index in [2.05, 4.69) is 43.1 Å². The number of rotatable bonds is 6. The molecule has 1 saturated carbocycles. The number of aryl methyl sites for hydroxylation is 1. The van der Waals surface area contributed by atoms with Crippen molar-refractivity contribution in [3.63, 3.8) is 0 Å². The third-order valence-corrected chi connectivity index (χ3v) is 8.51. The number of nitrogens with zero attached hydrogens (tertiary/aromatic N) is 2. The van der Waals surface area contributed by atoms with Crippen LogP contribution in [0, 0.1) is 5.82 Å². The molecule has 1 amide bonds. The molecule has 2 aliphatic rings. The monoisotopic (exact) mass is 551 g/mol. The van der Waals surface area contributed by atoms with E-state index in [0.29, 0.717) is 53.4 Å². The number of H-pyrrole nitrogens is 1. The number of fused-ring (bicyclic) bond motifs is 1. The Hall–Kier alpha value is -4.10. The Morgan fingerprint density at radius 1 is 1.00 bits per heavy atom. The Kier molecular flexibility index (Phi) is 7.08. The van der Waals surface area contributed by atoms with Gasteiger partial charge in [-0.2, -0.15) is 0 Å². The average Bonchev–Trinajstić information content (AvgIpc) is 3.81. The quantitative estimate of drug-likeness (QED) is 0.318. The molecule has 1 fully saturated rings. The van der Waals surface area contributed by atoms with Gasteiger partial charge in [0.1, 0.15) is 11.6 Å². The first kappa shape index (κ1) is 27.1. The van der Waals surface area contributed by atoms with Gasteiger partial charge in [-0.15, -0.1) is 0 Å². The Morgan fingerprint density at radius 2 is 1.71 bits per heavy atom. The van der Waals surface area contributed by atoms with Crippen molar-refractivity contribution in [1.29, 1.82) is 0 Å². The number of benzene rings is 3. The van der Waals surface area contributed by atoms with Crippen molar-refractivity contribution in [3.05, 3.63) is 123 Å². The first-order valence-electron chi connectivity index (χ1n) is 14.3. The molecular formula is C34H34FN3O3. The number of hydrogen-bond acceptors (Lipinski definition) is 4. The average molecular weight is 552 g/mol. The maximum absolute atomic E-state index is 13.8. The van der Waals surface area contributed by atoms with Crippen LogP contribution >= 0.6 is 0 Å².